The van der Waals surface area contributed by atoms with E-state index in [1.54, 1.807) is 48.7 Å². The quantitative estimate of drug-likeness (QED) is 0.301. The summed E-state index contributed by atoms with van der Waals surface area (Å²) in [5.74, 6) is -1.26. The van der Waals surface area contributed by atoms with E-state index in [9.17, 15) is 14.4 Å². The maximum absolute atomic E-state index is 14.2. The van der Waals surface area contributed by atoms with E-state index in [0.29, 0.717) is 23.6 Å². The predicted molar refractivity (Wildman–Crippen MR) is 152 cm³/mol. The number of nitrogen functional groups attached to an aromatic ring is 1. The minimum absolute atomic E-state index is 0.00583. The van der Waals surface area contributed by atoms with Gasteiger partial charge in [-0.15, -0.1) is 0 Å². The van der Waals surface area contributed by atoms with Crippen LogP contribution in [0.5, 0.6) is 5.75 Å². The van der Waals surface area contributed by atoms with E-state index in [4.69, 9.17) is 16.2 Å². The van der Waals surface area contributed by atoms with Gasteiger partial charge in [0.1, 0.15) is 16.7 Å². The number of carbonyl (C=O) groups excluding carboxylic acids is 3. The van der Waals surface area contributed by atoms with Gasteiger partial charge in [-0.05, 0) is 87.3 Å². The van der Waals surface area contributed by atoms with Crippen LogP contribution in [0, 0.1) is 0 Å². The van der Waals surface area contributed by atoms with Crippen LogP contribution >= 0.6 is 11.5 Å². The van der Waals surface area contributed by atoms with Crippen molar-refractivity contribution < 1.29 is 19.1 Å². The lowest BCUT2D eigenvalue weighted by Gasteiger charge is -2.33. The van der Waals surface area contributed by atoms with E-state index in [1.165, 1.54) is 4.90 Å². The molecule has 0 radical (unpaired) electrons. The Hall–Kier alpha value is -4.51. The molecular formula is C28H30N6O4S. The summed E-state index contributed by atoms with van der Waals surface area (Å²) < 4.78 is 9.57. The number of nitrogens with one attached hydrogen (secondary N) is 1. The molecule has 0 aliphatic rings. The fourth-order valence-corrected chi connectivity index (χ4v) is 4.85. The molecular weight excluding hydrogens is 516 g/mol. The number of fused-ring (bicyclic) bond motifs is 1. The van der Waals surface area contributed by atoms with Crippen molar-refractivity contribution in [1.29, 1.82) is 0 Å². The molecule has 2 aromatic heterocycles. The van der Waals surface area contributed by atoms with Crippen LogP contribution in [-0.4, -0.2) is 39.2 Å². The molecule has 0 aliphatic heterocycles. The van der Waals surface area contributed by atoms with Crippen LogP contribution in [0.25, 0.3) is 10.9 Å². The zero-order chi connectivity index (χ0) is 28.3. The fourth-order valence-electron chi connectivity index (χ4n) is 4.11. The molecule has 0 fully saturated rings. The van der Waals surface area contributed by atoms with Gasteiger partial charge in [0.2, 0.25) is 5.91 Å². The van der Waals surface area contributed by atoms with Gasteiger partial charge in [-0.3, -0.25) is 24.3 Å². The van der Waals surface area contributed by atoms with Crippen LogP contribution in [0.3, 0.4) is 0 Å². The summed E-state index contributed by atoms with van der Waals surface area (Å²) in [4.78, 5) is 45.7. The van der Waals surface area contributed by atoms with Crippen molar-refractivity contribution >= 4 is 51.5 Å². The Morgan fingerprint density at radius 2 is 1.82 bits per heavy atom. The Morgan fingerprint density at radius 1 is 1.10 bits per heavy atom. The van der Waals surface area contributed by atoms with Crippen LogP contribution in [0.15, 0.2) is 60.8 Å². The number of rotatable bonds is 8. The van der Waals surface area contributed by atoms with Gasteiger partial charge in [-0.25, -0.2) is 0 Å². The van der Waals surface area contributed by atoms with Crippen LogP contribution in [0.2, 0.25) is 0 Å². The van der Waals surface area contributed by atoms with Gasteiger partial charge in [-0.2, -0.15) is 4.37 Å². The normalized spacial score (nSPS) is 12.1. The van der Waals surface area contributed by atoms with Crippen LogP contribution in [0.1, 0.15) is 59.5 Å². The van der Waals surface area contributed by atoms with Crippen molar-refractivity contribution in [2.24, 2.45) is 5.73 Å². The summed E-state index contributed by atoms with van der Waals surface area (Å²) >= 11 is 0.753. The van der Waals surface area contributed by atoms with Gasteiger partial charge >= 0.3 is 0 Å². The third-order valence-corrected chi connectivity index (χ3v) is 6.60. The molecule has 0 saturated carbocycles. The first-order valence-electron chi connectivity index (χ1n) is 12.3. The molecule has 2 aromatic carbocycles. The number of nitrogens with two attached hydrogens (primary N) is 2. The molecule has 4 rings (SSSR count). The second kappa shape index (κ2) is 11.1. The molecule has 0 spiro atoms. The molecule has 0 aliphatic carbocycles. The van der Waals surface area contributed by atoms with Gasteiger partial charge in [0, 0.05) is 22.8 Å². The molecule has 1 atom stereocenters. The first-order valence-corrected chi connectivity index (χ1v) is 13.1. The Balaban J connectivity index is 1.93. The van der Waals surface area contributed by atoms with Gasteiger partial charge in [-0.1, -0.05) is 12.1 Å². The number of hydrogen-bond donors (Lipinski definition) is 3. The molecule has 10 nitrogen and oxygen atoms in total. The molecule has 3 amide bonds. The predicted octanol–water partition coefficient (Wildman–Crippen LogP) is 4.07. The molecule has 202 valence electrons. The highest BCUT2D eigenvalue weighted by Gasteiger charge is 2.37. The fraction of sp³-hybridized carbons (Fsp3) is 0.250. The summed E-state index contributed by atoms with van der Waals surface area (Å²) in [6.07, 6.45) is 1.68. The standard InChI is InChI=1S/C28H30N6O4S/c1-5-38-19-11-9-18(10-12-19)34(27(37)24-21(29)22(25(30)35)33-39-24)23(26(36)32-28(2,3)4)17-8-13-20-16(15-17)7-6-14-31-20/h6-15,23H,5,29H2,1-4H3,(H2,30,35)(H,32,36)/t23-/m1/s1. The van der Waals surface area contributed by atoms with E-state index in [1.807, 2.05) is 39.8 Å². The minimum Gasteiger partial charge on any atom is -0.494 e. The number of pyridine rings is 1. The van der Waals surface area contributed by atoms with Crippen molar-refractivity contribution in [3.8, 4) is 5.75 Å². The van der Waals surface area contributed by atoms with Crippen molar-refractivity contribution in [1.82, 2.24) is 14.7 Å². The van der Waals surface area contributed by atoms with Gasteiger partial charge in [0.05, 0.1) is 17.8 Å². The Bertz CT molecular complexity index is 1530. The van der Waals surface area contributed by atoms with Gasteiger partial charge in [0.15, 0.2) is 5.69 Å². The first-order chi connectivity index (χ1) is 18.5. The zero-order valence-corrected chi connectivity index (χ0v) is 22.9. The number of hydrogen-bond acceptors (Lipinski definition) is 8. The van der Waals surface area contributed by atoms with Gasteiger partial charge < -0.3 is 21.5 Å². The highest BCUT2D eigenvalue weighted by molar-refractivity contribution is 7.09. The van der Waals surface area contributed by atoms with E-state index in [-0.39, 0.29) is 16.3 Å². The minimum atomic E-state index is -1.11. The molecule has 0 unspecified atom stereocenters. The van der Waals surface area contributed by atoms with E-state index >= 15 is 0 Å². The number of primary amides is 1. The largest absolute Gasteiger partial charge is 0.494 e. The van der Waals surface area contributed by atoms with Crippen LogP contribution in [0.4, 0.5) is 11.4 Å². The average molecular weight is 547 g/mol. The number of nitrogens with zero attached hydrogens (tertiary/aromatic N) is 3. The average Bonchev–Trinajstić information content (AvgIpc) is 3.28. The Kier molecular flexibility index (Phi) is 7.82. The second-order valence-electron chi connectivity index (χ2n) is 9.84. The number of ether oxygens (including phenoxy) is 1. The highest BCUT2D eigenvalue weighted by Crippen LogP contribution is 2.35. The third-order valence-electron chi connectivity index (χ3n) is 5.75. The first kappa shape index (κ1) is 27.5. The zero-order valence-electron chi connectivity index (χ0n) is 22.1. The summed E-state index contributed by atoms with van der Waals surface area (Å²) in [5.41, 5.74) is 12.3. The number of benzene rings is 2. The summed E-state index contributed by atoms with van der Waals surface area (Å²) in [5, 5.41) is 3.80. The third kappa shape index (κ3) is 5.99. The highest BCUT2D eigenvalue weighted by atomic mass is 32.1. The lowest BCUT2D eigenvalue weighted by Crippen LogP contribution is -2.49. The molecule has 0 bridgehead atoms. The number of carbonyl (C=O) groups is 3. The molecule has 39 heavy (non-hydrogen) atoms. The van der Waals surface area contributed by atoms with Crippen LogP contribution in [-0.2, 0) is 4.79 Å². The van der Waals surface area contributed by atoms with Gasteiger partial charge in [0.25, 0.3) is 11.8 Å². The number of anilines is 2. The monoisotopic (exact) mass is 546 g/mol. The molecule has 2 heterocycles. The summed E-state index contributed by atoms with van der Waals surface area (Å²) in [6.45, 7) is 7.91. The topological polar surface area (TPSA) is 154 Å². The van der Waals surface area contributed by atoms with Crippen LogP contribution < -0.4 is 26.4 Å². The van der Waals surface area contributed by atoms with Crippen molar-refractivity contribution in [2.45, 2.75) is 39.3 Å². The molecule has 0 saturated heterocycles. The molecule has 11 heteroatoms. The SMILES string of the molecule is CCOc1ccc(N(C(=O)c2snc(C(N)=O)c2N)[C@@H](C(=O)NC(C)(C)C)c2ccc3ncccc3c2)cc1. The molecule has 5 N–H and O–H groups in total. The van der Waals surface area contributed by atoms with Crippen molar-refractivity contribution in [3.63, 3.8) is 0 Å². The Labute approximate surface area is 230 Å². The molecule has 4 aromatic rings. The Morgan fingerprint density at radius 3 is 2.44 bits per heavy atom. The summed E-state index contributed by atoms with van der Waals surface area (Å²) in [7, 11) is 0. The maximum Gasteiger partial charge on any atom is 0.273 e. The van der Waals surface area contributed by atoms with E-state index < -0.39 is 29.3 Å². The van der Waals surface area contributed by atoms with Crippen molar-refractivity contribution in [3.05, 3.63) is 76.9 Å². The maximum atomic E-state index is 14.2. The van der Waals surface area contributed by atoms with E-state index in [2.05, 4.69) is 14.7 Å². The summed E-state index contributed by atoms with van der Waals surface area (Å²) in [6, 6.07) is 14.8. The second-order valence-corrected chi connectivity index (χ2v) is 10.6. The van der Waals surface area contributed by atoms with E-state index in [0.717, 1.165) is 22.4 Å². The van der Waals surface area contributed by atoms with Crippen molar-refractivity contribution in [2.75, 3.05) is 17.2 Å². The number of amides is 3. The smallest absolute Gasteiger partial charge is 0.273 e. The number of aromatic nitrogens is 2. The lowest BCUT2D eigenvalue weighted by molar-refractivity contribution is -0.123. The lowest BCUT2D eigenvalue weighted by atomic mass is 9.98.